The van der Waals surface area contributed by atoms with Gasteiger partial charge in [-0.2, -0.15) is 0 Å². The lowest BCUT2D eigenvalue weighted by molar-refractivity contribution is -0.139. The number of ether oxygens (including phenoxy) is 1. The number of hydrogen-bond donors (Lipinski definition) is 3. The Balaban J connectivity index is 1.51. The number of urea groups is 1. The molecule has 0 radical (unpaired) electrons. The first-order chi connectivity index (χ1) is 17.9. The first-order valence-corrected chi connectivity index (χ1v) is 14.3. The summed E-state index contributed by atoms with van der Waals surface area (Å²) in [5, 5.41) is 16.0. The molecule has 0 spiro atoms. The highest BCUT2D eigenvalue weighted by Gasteiger charge is 2.36. The Labute approximate surface area is 228 Å². The van der Waals surface area contributed by atoms with Crippen LogP contribution < -0.4 is 10.6 Å². The molecule has 9 heteroatoms. The number of carbonyl (C=O) groups is 2. The van der Waals surface area contributed by atoms with E-state index >= 15 is 0 Å². The van der Waals surface area contributed by atoms with Crippen molar-refractivity contribution in [3.05, 3.63) is 23.4 Å². The lowest BCUT2D eigenvalue weighted by atomic mass is 10.0. The van der Waals surface area contributed by atoms with Crippen LogP contribution in [0.3, 0.4) is 0 Å². The minimum absolute atomic E-state index is 0.224. The van der Waals surface area contributed by atoms with Gasteiger partial charge in [0.1, 0.15) is 11.9 Å². The molecular weight excluding hydrogens is 482 g/mol. The van der Waals surface area contributed by atoms with Crippen LogP contribution in [0, 0.1) is 0 Å². The first kappa shape index (κ1) is 30.2. The normalized spacial score (nSPS) is 17.7. The van der Waals surface area contributed by atoms with Gasteiger partial charge in [-0.25, -0.2) is 14.6 Å². The van der Waals surface area contributed by atoms with E-state index in [1.165, 1.54) is 5.56 Å². The van der Waals surface area contributed by atoms with Crippen molar-refractivity contribution in [2.24, 2.45) is 0 Å². The third-order valence-electron chi connectivity index (χ3n) is 7.53. The summed E-state index contributed by atoms with van der Waals surface area (Å²) in [6.07, 6.45) is 7.37. The number of hydrogen-bond acceptors (Lipinski definition) is 6. The van der Waals surface area contributed by atoms with Gasteiger partial charge in [-0.3, -0.25) is 0 Å². The number of anilines is 1. The molecule has 0 saturated carbocycles. The number of aliphatic carboxylic acids is 1. The monoisotopic (exact) mass is 531 g/mol. The molecule has 0 aromatic carbocycles. The summed E-state index contributed by atoms with van der Waals surface area (Å²) in [4.78, 5) is 33.7. The van der Waals surface area contributed by atoms with Crippen molar-refractivity contribution < 1.29 is 19.4 Å². The predicted octanol–water partition coefficient (Wildman–Crippen LogP) is 4.31. The third-order valence-corrected chi connectivity index (χ3v) is 7.53. The zero-order valence-electron chi connectivity index (χ0n) is 24.1. The van der Waals surface area contributed by atoms with Gasteiger partial charge in [0.05, 0.1) is 12.2 Å². The molecule has 3 N–H and O–H groups in total. The van der Waals surface area contributed by atoms with E-state index in [1.807, 2.05) is 34.6 Å². The molecule has 1 aromatic rings. The Hall–Kier alpha value is -2.39. The fraction of sp³-hybridized carbons (Fsp3) is 0.759. The quantitative estimate of drug-likeness (QED) is 0.326. The Bertz CT molecular complexity index is 930. The molecule has 2 amide bonds. The Morgan fingerprint density at radius 3 is 2.68 bits per heavy atom. The molecular formula is C29H49N5O4. The van der Waals surface area contributed by atoms with Crippen molar-refractivity contribution in [1.82, 2.24) is 20.1 Å². The largest absolute Gasteiger partial charge is 0.480 e. The number of likely N-dealkylation sites (tertiary alicyclic amines) is 1. The summed E-state index contributed by atoms with van der Waals surface area (Å²) in [7, 11) is 0. The van der Waals surface area contributed by atoms with Crippen LogP contribution in [-0.4, -0.2) is 88.4 Å². The Morgan fingerprint density at radius 2 is 2.00 bits per heavy atom. The molecule has 1 fully saturated rings. The van der Waals surface area contributed by atoms with Gasteiger partial charge in [-0.1, -0.05) is 6.07 Å². The molecule has 1 atom stereocenters. The summed E-state index contributed by atoms with van der Waals surface area (Å²) in [6, 6.07) is 3.14. The third kappa shape index (κ3) is 9.42. The molecule has 9 nitrogen and oxygen atoms in total. The molecule has 1 saturated heterocycles. The van der Waals surface area contributed by atoms with Crippen LogP contribution in [0.15, 0.2) is 12.1 Å². The van der Waals surface area contributed by atoms with E-state index in [-0.39, 0.29) is 17.2 Å². The summed E-state index contributed by atoms with van der Waals surface area (Å²) in [5.74, 6) is 0.0436. The van der Waals surface area contributed by atoms with Gasteiger partial charge in [0.25, 0.3) is 0 Å². The number of aromatic nitrogens is 1. The molecule has 0 unspecified atom stereocenters. The smallest absolute Gasteiger partial charge is 0.326 e. The summed E-state index contributed by atoms with van der Waals surface area (Å²) >= 11 is 0. The van der Waals surface area contributed by atoms with Gasteiger partial charge in [-0.15, -0.1) is 0 Å². The van der Waals surface area contributed by atoms with Crippen molar-refractivity contribution in [1.29, 1.82) is 0 Å². The second-order valence-corrected chi connectivity index (χ2v) is 12.3. The van der Waals surface area contributed by atoms with E-state index in [0.29, 0.717) is 26.1 Å². The van der Waals surface area contributed by atoms with Crippen molar-refractivity contribution in [3.8, 4) is 0 Å². The molecule has 3 rings (SSSR count). The zero-order chi connectivity index (χ0) is 27.8. The number of aryl methyl sites for hydroxylation is 2. The number of unbranched alkanes of at least 4 members (excludes halogenated alkanes) is 1. The summed E-state index contributed by atoms with van der Waals surface area (Å²) in [6.45, 7) is 14.5. The van der Waals surface area contributed by atoms with Gasteiger partial charge in [0.2, 0.25) is 0 Å². The van der Waals surface area contributed by atoms with Crippen LogP contribution in [0.1, 0.15) is 84.4 Å². The molecule has 3 heterocycles. The summed E-state index contributed by atoms with van der Waals surface area (Å²) < 4.78 is 5.95. The molecule has 2 aliphatic heterocycles. The second-order valence-electron chi connectivity index (χ2n) is 12.3. The van der Waals surface area contributed by atoms with Crippen LogP contribution in [0.5, 0.6) is 0 Å². The van der Waals surface area contributed by atoms with E-state index < -0.39 is 12.0 Å². The predicted molar refractivity (Wildman–Crippen MR) is 151 cm³/mol. The number of carboxylic acid groups (broad SMARTS) is 1. The number of nitrogens with one attached hydrogen (secondary N) is 2. The highest BCUT2D eigenvalue weighted by molar-refractivity contribution is 5.83. The average molecular weight is 532 g/mol. The molecule has 0 aliphatic carbocycles. The Kier molecular flexibility index (Phi) is 10.8. The van der Waals surface area contributed by atoms with Crippen molar-refractivity contribution in [3.63, 3.8) is 0 Å². The highest BCUT2D eigenvalue weighted by Crippen LogP contribution is 2.28. The van der Waals surface area contributed by atoms with Gasteiger partial charge in [0, 0.05) is 37.4 Å². The van der Waals surface area contributed by atoms with E-state index in [0.717, 1.165) is 76.1 Å². The first-order valence-electron chi connectivity index (χ1n) is 14.3. The standard InChI is InChI=1S/C29H49N5O4/c1-28(2,3)38-21-20-33(17-7-6-11-23-13-12-22-10-8-16-30-25(22)31-23)19-14-24(26(35)36)32-27(37)34-18-9-15-29(34,4)5/h12-13,24H,6-11,14-21H2,1-5H3,(H,30,31)(H,32,37)(H,35,36)/t24-/m0/s1. The van der Waals surface area contributed by atoms with Gasteiger partial charge >= 0.3 is 12.0 Å². The number of amides is 2. The lowest BCUT2D eigenvalue weighted by Gasteiger charge is -2.33. The van der Waals surface area contributed by atoms with Crippen LogP contribution >= 0.6 is 0 Å². The maximum atomic E-state index is 12.8. The SMILES string of the molecule is CC(C)(C)OCCN(CCCCc1ccc2c(n1)NCCC2)CC[C@H](NC(=O)N1CCCC1(C)C)C(=O)O. The summed E-state index contributed by atoms with van der Waals surface area (Å²) in [5.41, 5.74) is 1.95. The number of nitrogens with zero attached hydrogens (tertiary/aromatic N) is 3. The maximum absolute atomic E-state index is 12.8. The van der Waals surface area contributed by atoms with E-state index in [9.17, 15) is 14.7 Å². The van der Waals surface area contributed by atoms with Crippen LogP contribution in [-0.2, 0) is 22.4 Å². The molecule has 214 valence electrons. The molecule has 0 bridgehead atoms. The Morgan fingerprint density at radius 1 is 1.21 bits per heavy atom. The number of pyridine rings is 1. The zero-order valence-corrected chi connectivity index (χ0v) is 24.1. The van der Waals surface area contributed by atoms with Crippen LogP contribution in [0.4, 0.5) is 10.6 Å². The van der Waals surface area contributed by atoms with Crippen LogP contribution in [0.25, 0.3) is 0 Å². The van der Waals surface area contributed by atoms with Gasteiger partial charge in [0.15, 0.2) is 0 Å². The average Bonchev–Trinajstić information content (AvgIpc) is 3.21. The van der Waals surface area contributed by atoms with Crippen molar-refractivity contribution in [2.45, 2.75) is 103 Å². The maximum Gasteiger partial charge on any atom is 0.326 e. The number of carboxylic acids is 1. The minimum Gasteiger partial charge on any atom is -0.480 e. The van der Waals surface area contributed by atoms with E-state index in [1.54, 1.807) is 4.90 Å². The van der Waals surface area contributed by atoms with Gasteiger partial charge in [-0.05, 0) is 104 Å². The van der Waals surface area contributed by atoms with Crippen molar-refractivity contribution in [2.75, 3.05) is 44.6 Å². The lowest BCUT2D eigenvalue weighted by Crippen LogP contribution is -2.53. The molecule has 1 aromatic heterocycles. The van der Waals surface area contributed by atoms with E-state index in [2.05, 4.69) is 27.7 Å². The molecule has 38 heavy (non-hydrogen) atoms. The van der Waals surface area contributed by atoms with Gasteiger partial charge < -0.3 is 30.3 Å². The van der Waals surface area contributed by atoms with E-state index in [4.69, 9.17) is 9.72 Å². The minimum atomic E-state index is -0.992. The fourth-order valence-corrected chi connectivity index (χ4v) is 5.25. The fourth-order valence-electron chi connectivity index (χ4n) is 5.25. The number of carbonyl (C=O) groups excluding carboxylic acids is 1. The second kappa shape index (κ2) is 13.6. The van der Waals surface area contributed by atoms with Crippen molar-refractivity contribution >= 4 is 17.8 Å². The van der Waals surface area contributed by atoms with Crippen LogP contribution in [0.2, 0.25) is 0 Å². The topological polar surface area (TPSA) is 107 Å². The highest BCUT2D eigenvalue weighted by atomic mass is 16.5. The number of fused-ring (bicyclic) bond motifs is 1. The number of rotatable bonds is 13. The molecule has 2 aliphatic rings.